The van der Waals surface area contributed by atoms with Gasteiger partial charge in [0.05, 0.1) is 8.80 Å². The van der Waals surface area contributed by atoms with E-state index in [2.05, 4.69) is 59.7 Å². The average Bonchev–Trinajstić information content (AvgIpc) is 2.13. The van der Waals surface area contributed by atoms with Crippen molar-refractivity contribution in [2.24, 2.45) is 11.8 Å². The van der Waals surface area contributed by atoms with Gasteiger partial charge in [-0.05, 0) is 25.7 Å². The first-order valence-electron chi connectivity index (χ1n) is 6.82. The second-order valence-electron chi connectivity index (χ2n) is 6.18. The van der Waals surface area contributed by atoms with E-state index >= 15 is 0 Å². The number of aryl methyl sites for hydroxylation is 2. The maximum absolute atomic E-state index is 2.42. The van der Waals surface area contributed by atoms with E-state index in [0.29, 0.717) is 0 Å². The summed E-state index contributed by atoms with van der Waals surface area (Å²) in [6.07, 6.45) is 0. The predicted octanol–water partition coefficient (Wildman–Crippen LogP) is 4.32. The standard InChI is InChI=1S/C16H27Si/c1-12(2)10-17(11-13(3)4)16-8-14(5)7-15(6)9-16/h7-9,12-13H,10-11H2,1-6H3. The Morgan fingerprint density at radius 2 is 1.24 bits per heavy atom. The van der Waals surface area contributed by atoms with Gasteiger partial charge in [0.15, 0.2) is 0 Å². The summed E-state index contributed by atoms with van der Waals surface area (Å²) < 4.78 is 0. The van der Waals surface area contributed by atoms with Crippen LogP contribution in [0.4, 0.5) is 0 Å². The Kier molecular flexibility index (Phi) is 5.45. The summed E-state index contributed by atoms with van der Waals surface area (Å²) in [6.45, 7) is 13.9. The first-order chi connectivity index (χ1) is 7.88. The van der Waals surface area contributed by atoms with Crippen LogP contribution in [0, 0.1) is 25.7 Å². The van der Waals surface area contributed by atoms with Gasteiger partial charge in [0.25, 0.3) is 0 Å². The first kappa shape index (κ1) is 14.5. The molecule has 0 nitrogen and oxygen atoms in total. The molecule has 0 aliphatic heterocycles. The number of hydrogen-bond acceptors (Lipinski definition) is 0. The summed E-state index contributed by atoms with van der Waals surface area (Å²) in [4.78, 5) is 0. The van der Waals surface area contributed by atoms with Crippen molar-refractivity contribution < 1.29 is 0 Å². The average molecular weight is 247 g/mol. The lowest BCUT2D eigenvalue weighted by Gasteiger charge is -2.20. The molecule has 0 bridgehead atoms. The molecule has 0 spiro atoms. The minimum Gasteiger partial charge on any atom is -0.0630 e. The van der Waals surface area contributed by atoms with Crippen molar-refractivity contribution in [3.63, 3.8) is 0 Å². The van der Waals surface area contributed by atoms with Gasteiger partial charge in [0, 0.05) is 0 Å². The van der Waals surface area contributed by atoms with Crippen LogP contribution in [0.5, 0.6) is 0 Å². The molecule has 0 N–H and O–H groups in total. The van der Waals surface area contributed by atoms with Crippen LogP contribution < -0.4 is 5.19 Å². The maximum Gasteiger partial charge on any atom is 0.0861 e. The molecular formula is C16H27Si. The van der Waals surface area contributed by atoms with Gasteiger partial charge in [0.2, 0.25) is 0 Å². The first-order valence-corrected chi connectivity index (χ1v) is 8.73. The summed E-state index contributed by atoms with van der Waals surface area (Å²) in [6, 6.07) is 9.95. The molecule has 0 atom stereocenters. The fourth-order valence-electron chi connectivity index (χ4n) is 2.48. The van der Waals surface area contributed by atoms with Crippen LogP contribution >= 0.6 is 0 Å². The van der Waals surface area contributed by atoms with E-state index in [-0.39, 0.29) is 8.80 Å². The molecule has 1 aromatic carbocycles. The van der Waals surface area contributed by atoms with E-state index in [9.17, 15) is 0 Å². The van der Waals surface area contributed by atoms with Gasteiger partial charge >= 0.3 is 0 Å². The normalized spacial score (nSPS) is 11.8. The quantitative estimate of drug-likeness (QED) is 0.680. The van der Waals surface area contributed by atoms with Crippen molar-refractivity contribution in [1.82, 2.24) is 0 Å². The van der Waals surface area contributed by atoms with Crippen molar-refractivity contribution in [3.05, 3.63) is 29.3 Å². The van der Waals surface area contributed by atoms with Crippen LogP contribution in [0.2, 0.25) is 12.1 Å². The number of rotatable bonds is 5. The Balaban J connectivity index is 2.94. The van der Waals surface area contributed by atoms with Gasteiger partial charge in [0.1, 0.15) is 0 Å². The monoisotopic (exact) mass is 247 g/mol. The molecule has 95 valence electrons. The van der Waals surface area contributed by atoms with Gasteiger partial charge in [-0.25, -0.2) is 0 Å². The van der Waals surface area contributed by atoms with E-state index in [0.717, 1.165) is 11.8 Å². The van der Waals surface area contributed by atoms with E-state index < -0.39 is 0 Å². The number of benzene rings is 1. The maximum atomic E-state index is 2.42. The lowest BCUT2D eigenvalue weighted by atomic mass is 10.2. The van der Waals surface area contributed by atoms with Gasteiger partial charge in [-0.3, -0.25) is 0 Å². The van der Waals surface area contributed by atoms with Crippen LogP contribution in [0.1, 0.15) is 38.8 Å². The second-order valence-corrected chi connectivity index (χ2v) is 8.78. The minimum absolute atomic E-state index is 0.366. The molecule has 1 heteroatoms. The van der Waals surface area contributed by atoms with Crippen molar-refractivity contribution in [3.8, 4) is 0 Å². The Hall–Kier alpha value is -0.563. The molecule has 1 radical (unpaired) electrons. The molecule has 0 amide bonds. The molecule has 0 aliphatic carbocycles. The molecule has 1 rings (SSSR count). The highest BCUT2D eigenvalue weighted by Gasteiger charge is 2.17. The molecule has 17 heavy (non-hydrogen) atoms. The van der Waals surface area contributed by atoms with Crippen molar-refractivity contribution in [2.45, 2.75) is 53.6 Å². The van der Waals surface area contributed by atoms with Crippen LogP contribution in [0.15, 0.2) is 18.2 Å². The topological polar surface area (TPSA) is 0 Å². The van der Waals surface area contributed by atoms with Crippen LogP contribution in [-0.4, -0.2) is 8.80 Å². The molecule has 1 aromatic rings. The van der Waals surface area contributed by atoms with E-state index in [1.165, 1.54) is 23.2 Å². The Labute approximate surface area is 109 Å². The van der Waals surface area contributed by atoms with Crippen LogP contribution in [0.25, 0.3) is 0 Å². The molecule has 0 fully saturated rings. The van der Waals surface area contributed by atoms with E-state index in [4.69, 9.17) is 0 Å². The van der Waals surface area contributed by atoms with E-state index in [1.807, 2.05) is 0 Å². The third-order valence-corrected chi connectivity index (χ3v) is 6.66. The highest BCUT2D eigenvalue weighted by Crippen LogP contribution is 2.16. The molecule has 0 saturated carbocycles. The van der Waals surface area contributed by atoms with E-state index in [1.54, 1.807) is 5.19 Å². The predicted molar refractivity (Wildman–Crippen MR) is 80.6 cm³/mol. The molecule has 0 aromatic heterocycles. The van der Waals surface area contributed by atoms with Gasteiger partial charge in [-0.2, -0.15) is 0 Å². The molecule has 0 unspecified atom stereocenters. The highest BCUT2D eigenvalue weighted by atomic mass is 28.3. The highest BCUT2D eigenvalue weighted by molar-refractivity contribution is 6.73. The zero-order valence-electron chi connectivity index (χ0n) is 12.3. The minimum atomic E-state index is -0.366. The smallest absolute Gasteiger partial charge is 0.0630 e. The summed E-state index contributed by atoms with van der Waals surface area (Å²) in [5.74, 6) is 1.65. The summed E-state index contributed by atoms with van der Waals surface area (Å²) >= 11 is 0. The van der Waals surface area contributed by atoms with Crippen molar-refractivity contribution >= 4 is 14.0 Å². The fourth-order valence-corrected chi connectivity index (χ4v) is 5.96. The number of hydrogen-bond donors (Lipinski definition) is 0. The summed E-state index contributed by atoms with van der Waals surface area (Å²) in [5.41, 5.74) is 2.85. The lowest BCUT2D eigenvalue weighted by molar-refractivity contribution is 0.694. The van der Waals surface area contributed by atoms with Crippen molar-refractivity contribution in [2.75, 3.05) is 0 Å². The molecular weight excluding hydrogens is 220 g/mol. The van der Waals surface area contributed by atoms with Gasteiger partial charge in [-0.15, -0.1) is 0 Å². The fraction of sp³-hybridized carbons (Fsp3) is 0.625. The third-order valence-electron chi connectivity index (χ3n) is 2.94. The molecule has 0 heterocycles. The summed E-state index contributed by atoms with van der Waals surface area (Å²) in [5, 5.41) is 1.65. The Morgan fingerprint density at radius 1 is 0.824 bits per heavy atom. The molecule has 0 aliphatic rings. The second kappa shape index (κ2) is 6.39. The van der Waals surface area contributed by atoms with Gasteiger partial charge < -0.3 is 0 Å². The Morgan fingerprint density at radius 3 is 1.59 bits per heavy atom. The third kappa shape index (κ3) is 5.07. The lowest BCUT2D eigenvalue weighted by Crippen LogP contribution is -2.33. The summed E-state index contributed by atoms with van der Waals surface area (Å²) in [7, 11) is -0.366. The van der Waals surface area contributed by atoms with Crippen molar-refractivity contribution in [1.29, 1.82) is 0 Å². The zero-order chi connectivity index (χ0) is 13.0. The Bertz CT molecular complexity index is 322. The SMILES string of the molecule is Cc1cc(C)cc([Si](CC(C)C)CC(C)C)c1. The van der Waals surface area contributed by atoms with Gasteiger partial charge in [-0.1, -0.05) is 74.3 Å². The molecule has 0 saturated heterocycles. The zero-order valence-corrected chi connectivity index (χ0v) is 13.3. The largest absolute Gasteiger partial charge is 0.0861 e. The van der Waals surface area contributed by atoms with Crippen LogP contribution in [-0.2, 0) is 0 Å². The van der Waals surface area contributed by atoms with Crippen LogP contribution in [0.3, 0.4) is 0 Å².